The van der Waals surface area contributed by atoms with Crippen LogP contribution < -0.4 is 10.3 Å². The fraction of sp³-hybridized carbons (Fsp3) is 0.500. The van der Waals surface area contributed by atoms with Crippen LogP contribution >= 0.6 is 0 Å². The maximum atomic E-state index is 12.8. The Hall–Kier alpha value is -2.47. The molecule has 1 aromatic rings. The molecule has 3 rings (SSSR count). The molecule has 2 aliphatic heterocycles. The molecule has 0 bridgehead atoms. The fourth-order valence-electron chi connectivity index (χ4n) is 3.62. The van der Waals surface area contributed by atoms with Gasteiger partial charge < -0.3 is 5.32 Å². The van der Waals surface area contributed by atoms with Crippen LogP contribution in [0.3, 0.4) is 0 Å². The van der Waals surface area contributed by atoms with E-state index in [1.807, 2.05) is 30.3 Å². The number of nitrogens with zero attached hydrogens (tertiary/aromatic N) is 3. The van der Waals surface area contributed by atoms with Crippen LogP contribution in [0.5, 0.6) is 0 Å². The summed E-state index contributed by atoms with van der Waals surface area (Å²) in [5.74, 6) is -0.129. The third-order valence-corrected chi connectivity index (χ3v) is 5.34. The molecule has 0 saturated carbocycles. The van der Waals surface area contributed by atoms with Crippen LogP contribution in [0.4, 0.5) is 5.69 Å². The highest BCUT2D eigenvalue weighted by Crippen LogP contribution is 2.25. The van der Waals surface area contributed by atoms with E-state index in [2.05, 4.69) is 35.2 Å². The normalized spacial score (nSPS) is 20.6. The van der Waals surface area contributed by atoms with Crippen LogP contribution in [0.2, 0.25) is 0 Å². The third kappa shape index (κ3) is 5.07. The number of amides is 1. The maximum Gasteiger partial charge on any atom is 0.267 e. The van der Waals surface area contributed by atoms with E-state index in [0.717, 1.165) is 38.2 Å². The first-order chi connectivity index (χ1) is 13.4. The standard InChI is InChI=1S/C22H30N4O2/c1-16(2)9-12-25-13-10-18(11-14-25)23-22(28)20-15-21(17(3)27)26(24-20)19-7-5-4-6-8-19/h4-9,18,21H,10-15H2,1-3H3,(H,23,28). The monoisotopic (exact) mass is 382 g/mol. The number of benzene rings is 1. The molecule has 1 amide bonds. The van der Waals surface area contributed by atoms with Gasteiger partial charge in [-0.25, -0.2) is 0 Å². The number of Topliss-reactive ketones (excluding diaryl/α,β-unsaturated/α-hetero) is 1. The number of hydrogen-bond acceptors (Lipinski definition) is 5. The molecule has 28 heavy (non-hydrogen) atoms. The summed E-state index contributed by atoms with van der Waals surface area (Å²) in [5, 5.41) is 9.30. The third-order valence-electron chi connectivity index (χ3n) is 5.34. The number of hydrogen-bond donors (Lipinski definition) is 1. The second kappa shape index (κ2) is 9.15. The first kappa shape index (κ1) is 20.3. The predicted molar refractivity (Wildman–Crippen MR) is 112 cm³/mol. The van der Waals surface area contributed by atoms with Gasteiger partial charge >= 0.3 is 0 Å². The van der Waals surface area contributed by atoms with Crippen molar-refractivity contribution in [2.75, 3.05) is 24.6 Å². The number of likely N-dealkylation sites (tertiary alicyclic amines) is 1. The molecule has 0 aliphatic carbocycles. The fourth-order valence-corrected chi connectivity index (χ4v) is 3.62. The summed E-state index contributed by atoms with van der Waals surface area (Å²) in [6.07, 6.45) is 4.48. The van der Waals surface area contributed by atoms with E-state index in [1.54, 1.807) is 11.9 Å². The van der Waals surface area contributed by atoms with Crippen LogP contribution in [0.1, 0.15) is 40.0 Å². The van der Waals surface area contributed by atoms with Gasteiger partial charge in [0.1, 0.15) is 11.8 Å². The van der Waals surface area contributed by atoms with Gasteiger partial charge in [-0.3, -0.25) is 19.5 Å². The number of para-hydroxylation sites is 1. The zero-order chi connectivity index (χ0) is 20.1. The molecule has 6 nitrogen and oxygen atoms in total. The van der Waals surface area contributed by atoms with Gasteiger partial charge in [-0.2, -0.15) is 5.10 Å². The quantitative estimate of drug-likeness (QED) is 0.769. The molecule has 1 saturated heterocycles. The lowest BCUT2D eigenvalue weighted by molar-refractivity contribution is -0.118. The van der Waals surface area contributed by atoms with Gasteiger partial charge in [0.05, 0.1) is 5.69 Å². The number of hydrazone groups is 1. The molecule has 1 fully saturated rings. The lowest BCUT2D eigenvalue weighted by Gasteiger charge is -2.31. The minimum Gasteiger partial charge on any atom is -0.348 e. The van der Waals surface area contributed by atoms with Gasteiger partial charge in [0, 0.05) is 32.1 Å². The van der Waals surface area contributed by atoms with Crippen molar-refractivity contribution in [3.05, 3.63) is 42.0 Å². The topological polar surface area (TPSA) is 65.0 Å². The number of anilines is 1. The Bertz CT molecular complexity index is 760. The molecule has 6 heteroatoms. The highest BCUT2D eigenvalue weighted by atomic mass is 16.2. The minimum atomic E-state index is -0.408. The van der Waals surface area contributed by atoms with Gasteiger partial charge in [0.15, 0.2) is 5.78 Å². The Kier molecular flexibility index (Phi) is 6.62. The first-order valence-electron chi connectivity index (χ1n) is 10.0. The molecular weight excluding hydrogens is 352 g/mol. The SMILES string of the molecule is CC(=O)C1CC(C(=O)NC2CCN(CC=C(C)C)CC2)=NN1c1ccccc1. The Morgan fingerprint density at radius 3 is 2.43 bits per heavy atom. The number of carbonyl (C=O) groups is 2. The van der Waals surface area contributed by atoms with Gasteiger partial charge in [0.25, 0.3) is 5.91 Å². The Morgan fingerprint density at radius 2 is 1.82 bits per heavy atom. The van der Waals surface area contributed by atoms with Gasteiger partial charge in [-0.05, 0) is 45.7 Å². The number of nitrogens with one attached hydrogen (secondary N) is 1. The van der Waals surface area contributed by atoms with E-state index in [9.17, 15) is 9.59 Å². The predicted octanol–water partition coefficient (Wildman–Crippen LogP) is 2.76. The molecule has 1 aromatic carbocycles. The largest absolute Gasteiger partial charge is 0.348 e. The zero-order valence-electron chi connectivity index (χ0n) is 17.0. The summed E-state index contributed by atoms with van der Waals surface area (Å²) >= 11 is 0. The van der Waals surface area contributed by atoms with Crippen molar-refractivity contribution in [2.45, 2.75) is 52.1 Å². The van der Waals surface area contributed by atoms with Gasteiger partial charge in [-0.1, -0.05) is 29.8 Å². The van der Waals surface area contributed by atoms with Gasteiger partial charge in [0.2, 0.25) is 0 Å². The van der Waals surface area contributed by atoms with E-state index < -0.39 is 6.04 Å². The molecule has 0 radical (unpaired) electrons. The zero-order valence-corrected chi connectivity index (χ0v) is 17.0. The summed E-state index contributed by atoms with van der Waals surface area (Å²) < 4.78 is 0. The number of piperidine rings is 1. The van der Waals surface area contributed by atoms with E-state index in [-0.39, 0.29) is 17.7 Å². The van der Waals surface area contributed by atoms with Crippen molar-refractivity contribution in [1.29, 1.82) is 0 Å². The summed E-state index contributed by atoms with van der Waals surface area (Å²) in [5.41, 5.74) is 2.60. The van der Waals surface area contributed by atoms with E-state index >= 15 is 0 Å². The van der Waals surface area contributed by atoms with Crippen molar-refractivity contribution in [2.24, 2.45) is 5.10 Å². The van der Waals surface area contributed by atoms with E-state index in [4.69, 9.17) is 0 Å². The Balaban J connectivity index is 1.59. The molecule has 1 unspecified atom stereocenters. The smallest absolute Gasteiger partial charge is 0.267 e. The van der Waals surface area contributed by atoms with Crippen molar-refractivity contribution < 1.29 is 9.59 Å². The van der Waals surface area contributed by atoms with Crippen LogP contribution in [0.25, 0.3) is 0 Å². The first-order valence-corrected chi connectivity index (χ1v) is 10.0. The maximum absolute atomic E-state index is 12.8. The van der Waals surface area contributed by atoms with Crippen molar-refractivity contribution in [3.8, 4) is 0 Å². The number of allylic oxidation sites excluding steroid dienone is 1. The van der Waals surface area contributed by atoms with Crippen LogP contribution in [-0.4, -0.2) is 54.0 Å². The summed E-state index contributed by atoms with van der Waals surface area (Å²) in [6.45, 7) is 8.71. The average Bonchev–Trinajstić information content (AvgIpc) is 3.14. The van der Waals surface area contributed by atoms with Crippen molar-refractivity contribution in [3.63, 3.8) is 0 Å². The van der Waals surface area contributed by atoms with E-state index in [1.165, 1.54) is 5.57 Å². The molecule has 0 aromatic heterocycles. The lowest BCUT2D eigenvalue weighted by atomic mass is 10.0. The molecule has 150 valence electrons. The summed E-state index contributed by atoms with van der Waals surface area (Å²) in [7, 11) is 0. The molecule has 2 heterocycles. The van der Waals surface area contributed by atoms with Crippen molar-refractivity contribution >= 4 is 23.1 Å². The number of carbonyl (C=O) groups excluding carboxylic acids is 2. The van der Waals surface area contributed by atoms with Crippen LogP contribution in [-0.2, 0) is 9.59 Å². The van der Waals surface area contributed by atoms with Crippen molar-refractivity contribution in [1.82, 2.24) is 10.2 Å². The Labute approximate surface area is 167 Å². The number of rotatable bonds is 6. The minimum absolute atomic E-state index is 0.0167. The average molecular weight is 383 g/mol. The van der Waals surface area contributed by atoms with Gasteiger partial charge in [-0.15, -0.1) is 0 Å². The summed E-state index contributed by atoms with van der Waals surface area (Å²) in [4.78, 5) is 27.2. The molecular formula is C22H30N4O2. The highest BCUT2D eigenvalue weighted by molar-refractivity contribution is 6.40. The van der Waals surface area contributed by atoms with Crippen LogP contribution in [0.15, 0.2) is 47.1 Å². The van der Waals surface area contributed by atoms with E-state index in [0.29, 0.717) is 12.1 Å². The lowest BCUT2D eigenvalue weighted by Crippen LogP contribution is -2.46. The second-order valence-electron chi connectivity index (χ2n) is 7.89. The highest BCUT2D eigenvalue weighted by Gasteiger charge is 2.34. The molecule has 1 atom stereocenters. The second-order valence-corrected chi connectivity index (χ2v) is 7.89. The Morgan fingerprint density at radius 1 is 1.14 bits per heavy atom. The number of ketones is 1. The van der Waals surface area contributed by atoms with Crippen LogP contribution in [0, 0.1) is 0 Å². The molecule has 2 aliphatic rings. The summed E-state index contributed by atoms with van der Waals surface area (Å²) in [6, 6.07) is 9.30. The molecule has 1 N–H and O–H groups in total. The molecule has 0 spiro atoms.